The molecule has 0 unspecified atom stereocenters. The molecule has 9 nitrogen and oxygen atoms in total. The molecule has 0 aromatic rings. The molecule has 1 aliphatic rings. The van der Waals surface area contributed by atoms with Gasteiger partial charge in [-0.05, 0) is 33.7 Å². The maximum atomic E-state index is 11.4. The topological polar surface area (TPSA) is 145 Å². The van der Waals surface area contributed by atoms with Gasteiger partial charge in [-0.3, -0.25) is 0 Å². The molecule has 21 heavy (non-hydrogen) atoms. The summed E-state index contributed by atoms with van der Waals surface area (Å²) in [7, 11) is 0. The Morgan fingerprint density at radius 3 is 2.10 bits per heavy atom. The van der Waals surface area contributed by atoms with Crippen LogP contribution < -0.4 is 10.6 Å². The van der Waals surface area contributed by atoms with E-state index in [4.69, 9.17) is 24.5 Å². The molecule has 0 bridgehead atoms. The largest absolute Gasteiger partial charge is 0.473 e. The first kappa shape index (κ1) is 19.1. The number of hydrogen-bond donors (Lipinski definition) is 5. The molecule has 0 saturated carbocycles. The molecule has 0 aliphatic carbocycles. The van der Waals surface area contributed by atoms with Crippen LogP contribution in [0.4, 0.5) is 4.79 Å². The number of rotatable bonds is 1. The molecular formula is C12H22N2O7. The first-order valence-electron chi connectivity index (χ1n) is 6.37. The van der Waals surface area contributed by atoms with Gasteiger partial charge in [0.25, 0.3) is 0 Å². The van der Waals surface area contributed by atoms with E-state index in [0.717, 1.165) is 6.54 Å². The van der Waals surface area contributed by atoms with Crippen molar-refractivity contribution in [3.05, 3.63) is 0 Å². The van der Waals surface area contributed by atoms with Crippen LogP contribution >= 0.6 is 0 Å². The van der Waals surface area contributed by atoms with Crippen molar-refractivity contribution < 1.29 is 34.4 Å². The molecule has 1 aliphatic heterocycles. The average Bonchev–Trinajstić information content (AvgIpc) is 2.30. The summed E-state index contributed by atoms with van der Waals surface area (Å²) in [4.78, 5) is 29.6. The number of carbonyl (C=O) groups is 3. The zero-order valence-corrected chi connectivity index (χ0v) is 12.3. The van der Waals surface area contributed by atoms with Gasteiger partial charge in [0.15, 0.2) is 0 Å². The normalized spacial score (nSPS) is 21.5. The number of carboxylic acids is 2. The van der Waals surface area contributed by atoms with Crippen molar-refractivity contribution in [3.8, 4) is 0 Å². The number of alkyl carbamates (subject to hydrolysis) is 1. The van der Waals surface area contributed by atoms with Crippen molar-refractivity contribution in [2.75, 3.05) is 13.1 Å². The van der Waals surface area contributed by atoms with E-state index in [2.05, 4.69) is 10.6 Å². The number of amides is 1. The van der Waals surface area contributed by atoms with Gasteiger partial charge in [-0.2, -0.15) is 0 Å². The van der Waals surface area contributed by atoms with Crippen LogP contribution in [-0.4, -0.2) is 64.2 Å². The second kappa shape index (κ2) is 8.42. The number of aliphatic hydroxyl groups excluding tert-OH is 1. The number of aliphatic carboxylic acids is 2. The summed E-state index contributed by atoms with van der Waals surface area (Å²) in [6.45, 7) is 6.79. The third-order valence-corrected chi connectivity index (χ3v) is 2.33. The second-order valence-corrected chi connectivity index (χ2v) is 5.42. The molecule has 1 fully saturated rings. The van der Waals surface area contributed by atoms with Crippen LogP contribution in [-0.2, 0) is 14.3 Å². The molecule has 122 valence electrons. The summed E-state index contributed by atoms with van der Waals surface area (Å²) >= 11 is 0. The van der Waals surface area contributed by atoms with Crippen LogP contribution in [0.3, 0.4) is 0 Å². The van der Waals surface area contributed by atoms with Crippen molar-refractivity contribution in [1.82, 2.24) is 10.6 Å². The smallest absolute Gasteiger partial charge is 0.414 e. The molecule has 1 amide bonds. The predicted molar refractivity (Wildman–Crippen MR) is 71.9 cm³/mol. The third kappa shape index (κ3) is 9.63. The Bertz CT molecular complexity index is 366. The molecule has 1 heterocycles. The fourth-order valence-corrected chi connectivity index (χ4v) is 1.45. The van der Waals surface area contributed by atoms with Crippen LogP contribution in [0.25, 0.3) is 0 Å². The van der Waals surface area contributed by atoms with Crippen molar-refractivity contribution in [1.29, 1.82) is 0 Å². The highest BCUT2D eigenvalue weighted by molar-refractivity contribution is 6.27. The fourth-order valence-electron chi connectivity index (χ4n) is 1.45. The highest BCUT2D eigenvalue weighted by Gasteiger charge is 2.26. The summed E-state index contributed by atoms with van der Waals surface area (Å²) < 4.78 is 5.10. The van der Waals surface area contributed by atoms with Crippen LogP contribution in [0.15, 0.2) is 0 Å². The summed E-state index contributed by atoms with van der Waals surface area (Å²) in [5.74, 6) is -3.65. The minimum Gasteiger partial charge on any atom is -0.473 e. The number of piperidine rings is 1. The minimum absolute atomic E-state index is 0.256. The molecule has 9 heteroatoms. The van der Waals surface area contributed by atoms with Crippen LogP contribution in [0, 0.1) is 0 Å². The Hall–Kier alpha value is -1.87. The first-order chi connectivity index (χ1) is 9.53. The third-order valence-electron chi connectivity index (χ3n) is 2.33. The Kier molecular flexibility index (Phi) is 7.67. The van der Waals surface area contributed by atoms with Crippen LogP contribution in [0.5, 0.6) is 0 Å². The summed E-state index contributed by atoms with van der Waals surface area (Å²) in [6, 6.07) is -0.256. The van der Waals surface area contributed by atoms with Gasteiger partial charge in [0, 0.05) is 6.54 Å². The van der Waals surface area contributed by atoms with Gasteiger partial charge < -0.3 is 30.7 Å². The van der Waals surface area contributed by atoms with Gasteiger partial charge in [-0.1, -0.05) is 0 Å². The van der Waals surface area contributed by atoms with Crippen molar-refractivity contribution >= 4 is 18.0 Å². The predicted octanol–water partition coefficient (Wildman–Crippen LogP) is -0.610. The van der Waals surface area contributed by atoms with Crippen LogP contribution in [0.1, 0.15) is 27.2 Å². The lowest BCUT2D eigenvalue weighted by molar-refractivity contribution is -0.159. The lowest BCUT2D eigenvalue weighted by Gasteiger charge is -2.30. The fraction of sp³-hybridized carbons (Fsp3) is 0.750. The molecule has 0 aromatic carbocycles. The number of carboxylic acid groups (broad SMARTS) is 2. The van der Waals surface area contributed by atoms with Gasteiger partial charge in [0.1, 0.15) is 5.60 Å². The standard InChI is InChI=1S/C10H20N2O3.C2H2O4/c1-10(2,3)15-9(14)12-7-6-11-5-4-8(7)13;3-1(4)2(5)6/h7-8,11,13H,4-6H2,1-3H3,(H,12,14);(H,3,4)(H,5,6)/t7-,8+;/m1./s1. The van der Waals surface area contributed by atoms with Crippen LogP contribution in [0.2, 0.25) is 0 Å². The Labute approximate surface area is 122 Å². The molecule has 2 atom stereocenters. The number of nitrogens with one attached hydrogen (secondary N) is 2. The number of hydrogen-bond acceptors (Lipinski definition) is 6. The van der Waals surface area contributed by atoms with Crippen molar-refractivity contribution in [2.24, 2.45) is 0 Å². The monoisotopic (exact) mass is 306 g/mol. The molecule has 1 rings (SSSR count). The molecule has 0 aromatic heterocycles. The Morgan fingerprint density at radius 1 is 1.19 bits per heavy atom. The molecular weight excluding hydrogens is 284 g/mol. The highest BCUT2D eigenvalue weighted by atomic mass is 16.6. The van der Waals surface area contributed by atoms with Gasteiger partial charge in [-0.15, -0.1) is 0 Å². The first-order valence-corrected chi connectivity index (χ1v) is 6.37. The summed E-state index contributed by atoms with van der Waals surface area (Å²) in [5.41, 5.74) is -0.503. The van der Waals surface area contributed by atoms with Crippen molar-refractivity contribution in [2.45, 2.75) is 44.9 Å². The lowest BCUT2D eigenvalue weighted by Crippen LogP contribution is -2.54. The van der Waals surface area contributed by atoms with Gasteiger partial charge in [-0.25, -0.2) is 14.4 Å². The maximum Gasteiger partial charge on any atom is 0.414 e. The van der Waals surface area contributed by atoms with E-state index in [-0.39, 0.29) is 6.04 Å². The number of aliphatic hydroxyl groups is 1. The van der Waals surface area contributed by atoms with E-state index in [9.17, 15) is 9.90 Å². The lowest BCUT2D eigenvalue weighted by atomic mass is 10.0. The highest BCUT2D eigenvalue weighted by Crippen LogP contribution is 2.08. The van der Waals surface area contributed by atoms with E-state index in [1.54, 1.807) is 0 Å². The molecule has 0 radical (unpaired) electrons. The summed E-state index contributed by atoms with van der Waals surface area (Å²) in [6.07, 6.45) is -0.311. The second-order valence-electron chi connectivity index (χ2n) is 5.42. The molecule has 5 N–H and O–H groups in total. The Balaban J connectivity index is 0.000000567. The quantitative estimate of drug-likeness (QED) is 0.403. The SMILES string of the molecule is CC(C)(C)OC(=O)N[C@@H]1CNCC[C@@H]1O.O=C(O)C(=O)O. The summed E-state index contributed by atoms with van der Waals surface area (Å²) in [5, 5.41) is 30.1. The number of ether oxygens (including phenoxy) is 1. The average molecular weight is 306 g/mol. The van der Waals surface area contributed by atoms with Gasteiger partial charge >= 0.3 is 18.0 Å². The molecule has 0 spiro atoms. The van der Waals surface area contributed by atoms with Crippen molar-refractivity contribution in [3.63, 3.8) is 0 Å². The van der Waals surface area contributed by atoms with E-state index in [1.807, 2.05) is 20.8 Å². The Morgan fingerprint density at radius 2 is 1.71 bits per heavy atom. The molecule has 1 saturated heterocycles. The van der Waals surface area contributed by atoms with E-state index in [0.29, 0.717) is 13.0 Å². The zero-order chi connectivity index (χ0) is 16.6. The zero-order valence-electron chi connectivity index (χ0n) is 12.3. The van der Waals surface area contributed by atoms with E-state index < -0.39 is 29.7 Å². The van der Waals surface area contributed by atoms with E-state index in [1.165, 1.54) is 0 Å². The minimum atomic E-state index is -1.82. The van der Waals surface area contributed by atoms with E-state index >= 15 is 0 Å². The van der Waals surface area contributed by atoms with Gasteiger partial charge in [0.05, 0.1) is 12.1 Å². The number of carbonyl (C=O) groups excluding carboxylic acids is 1. The van der Waals surface area contributed by atoms with Gasteiger partial charge in [0.2, 0.25) is 0 Å². The maximum absolute atomic E-state index is 11.4.